The molecule has 0 saturated carbocycles. The Morgan fingerprint density at radius 1 is 1.00 bits per heavy atom. The van der Waals surface area contributed by atoms with Crippen molar-refractivity contribution in [3.8, 4) is 11.5 Å². The first kappa shape index (κ1) is 16.6. The van der Waals surface area contributed by atoms with E-state index in [4.69, 9.17) is 9.47 Å². The molecule has 0 fully saturated rings. The predicted octanol–water partition coefficient (Wildman–Crippen LogP) is 2.87. The van der Waals surface area contributed by atoms with Gasteiger partial charge in [-0.15, -0.1) is 0 Å². The zero-order valence-corrected chi connectivity index (χ0v) is 14.3. The third kappa shape index (κ3) is 3.35. The Morgan fingerprint density at radius 2 is 1.64 bits per heavy atom. The van der Waals surface area contributed by atoms with Gasteiger partial charge in [0.1, 0.15) is 0 Å². The molecule has 1 heterocycles. The molecule has 0 saturated heterocycles. The molecule has 0 aromatic heterocycles. The van der Waals surface area contributed by atoms with Crippen molar-refractivity contribution in [3.05, 3.63) is 42.0 Å². The molecule has 0 atom stereocenters. The van der Waals surface area contributed by atoms with Crippen LogP contribution >= 0.6 is 0 Å². The summed E-state index contributed by atoms with van der Waals surface area (Å²) in [5.74, 6) is 1.15. The van der Waals surface area contributed by atoms with Crippen molar-refractivity contribution < 1.29 is 19.1 Å². The Balaban J connectivity index is 1.69. The van der Waals surface area contributed by atoms with Gasteiger partial charge in [-0.3, -0.25) is 4.79 Å². The van der Waals surface area contributed by atoms with E-state index in [0.717, 1.165) is 11.3 Å². The van der Waals surface area contributed by atoms with Crippen molar-refractivity contribution in [3.63, 3.8) is 0 Å². The number of likely N-dealkylation sites (N-methyl/N-ethyl adjacent to an activating group) is 1. The van der Waals surface area contributed by atoms with Crippen LogP contribution in [-0.4, -0.2) is 33.2 Å². The van der Waals surface area contributed by atoms with Crippen LogP contribution in [0, 0.1) is 0 Å². The van der Waals surface area contributed by atoms with E-state index in [1.165, 1.54) is 7.11 Å². The van der Waals surface area contributed by atoms with Crippen molar-refractivity contribution in [1.29, 1.82) is 0 Å². The summed E-state index contributed by atoms with van der Waals surface area (Å²) in [6.07, 6.45) is 0.346. The van der Waals surface area contributed by atoms with Crippen LogP contribution in [0.2, 0.25) is 0 Å². The van der Waals surface area contributed by atoms with Crippen molar-refractivity contribution in [2.24, 2.45) is 0 Å². The number of hydrogen-bond acceptors (Lipinski definition) is 4. The topological polar surface area (TPSA) is 79.9 Å². The second-order valence-electron chi connectivity index (χ2n) is 5.62. The average Bonchev–Trinajstić information content (AvgIpc) is 2.88. The van der Waals surface area contributed by atoms with E-state index in [1.807, 2.05) is 12.1 Å². The van der Waals surface area contributed by atoms with Gasteiger partial charge in [-0.25, -0.2) is 4.79 Å². The number of carbonyl (C=O) groups is 2. The van der Waals surface area contributed by atoms with E-state index in [0.29, 0.717) is 29.3 Å². The number of fused-ring (bicyclic) bond motifs is 1. The summed E-state index contributed by atoms with van der Waals surface area (Å²) in [7, 11) is 4.82. The number of rotatable bonds is 4. The maximum Gasteiger partial charge on any atom is 0.323 e. The van der Waals surface area contributed by atoms with Crippen LogP contribution in [0.3, 0.4) is 0 Å². The minimum absolute atomic E-state index is 0.0435. The number of hydrogen-bond donors (Lipinski definition) is 2. The molecule has 0 unspecified atom stereocenters. The summed E-state index contributed by atoms with van der Waals surface area (Å²) in [6, 6.07) is 10.1. The van der Waals surface area contributed by atoms with Crippen LogP contribution in [0.4, 0.5) is 21.9 Å². The van der Waals surface area contributed by atoms with Gasteiger partial charge < -0.3 is 25.0 Å². The third-order valence-corrected chi connectivity index (χ3v) is 4.06. The minimum atomic E-state index is -0.384. The van der Waals surface area contributed by atoms with E-state index in [-0.39, 0.29) is 11.9 Å². The number of benzene rings is 2. The lowest BCUT2D eigenvalue weighted by atomic mass is 10.1. The lowest BCUT2D eigenvalue weighted by Crippen LogP contribution is -2.20. The average molecular weight is 341 g/mol. The molecule has 2 aromatic carbocycles. The first-order valence-corrected chi connectivity index (χ1v) is 7.71. The van der Waals surface area contributed by atoms with Gasteiger partial charge in [-0.2, -0.15) is 0 Å². The molecular formula is C18H19N3O4. The molecule has 0 bridgehead atoms. The number of ether oxygens (including phenoxy) is 2. The molecule has 2 N–H and O–H groups in total. The Labute approximate surface area is 145 Å². The molecule has 0 aliphatic carbocycles. The number of urea groups is 1. The van der Waals surface area contributed by atoms with E-state index in [2.05, 4.69) is 10.6 Å². The minimum Gasteiger partial charge on any atom is -0.493 e. The summed E-state index contributed by atoms with van der Waals surface area (Å²) in [5, 5.41) is 5.50. The molecule has 7 heteroatoms. The first-order valence-electron chi connectivity index (χ1n) is 7.71. The van der Waals surface area contributed by atoms with Crippen LogP contribution in [0.5, 0.6) is 11.5 Å². The second-order valence-corrected chi connectivity index (χ2v) is 5.62. The third-order valence-electron chi connectivity index (χ3n) is 4.06. The number of nitrogens with one attached hydrogen (secondary N) is 2. The Kier molecular flexibility index (Phi) is 4.47. The molecule has 1 aliphatic heterocycles. The highest BCUT2D eigenvalue weighted by molar-refractivity contribution is 6.03. The zero-order valence-electron chi connectivity index (χ0n) is 14.3. The number of methoxy groups -OCH3 is 2. The highest BCUT2D eigenvalue weighted by Crippen LogP contribution is 2.31. The molecule has 130 valence electrons. The Morgan fingerprint density at radius 3 is 2.32 bits per heavy atom. The van der Waals surface area contributed by atoms with Gasteiger partial charge in [0.25, 0.3) is 0 Å². The van der Waals surface area contributed by atoms with Gasteiger partial charge in [0.15, 0.2) is 11.5 Å². The van der Waals surface area contributed by atoms with Crippen molar-refractivity contribution in [2.75, 3.05) is 36.8 Å². The summed E-state index contributed by atoms with van der Waals surface area (Å²) in [5.41, 5.74) is 2.97. The molecule has 2 aromatic rings. The molecule has 7 nitrogen and oxygen atoms in total. The number of anilines is 3. The highest BCUT2D eigenvalue weighted by atomic mass is 16.5. The Hall–Kier alpha value is -3.22. The fourth-order valence-corrected chi connectivity index (χ4v) is 2.76. The maximum atomic E-state index is 12.2. The largest absolute Gasteiger partial charge is 0.493 e. The van der Waals surface area contributed by atoms with Gasteiger partial charge in [-0.05, 0) is 35.9 Å². The Bertz CT molecular complexity index is 835. The van der Waals surface area contributed by atoms with Crippen LogP contribution in [0.15, 0.2) is 36.4 Å². The smallest absolute Gasteiger partial charge is 0.323 e. The predicted molar refractivity (Wildman–Crippen MR) is 95.7 cm³/mol. The summed E-state index contributed by atoms with van der Waals surface area (Å²) in [4.78, 5) is 25.5. The lowest BCUT2D eigenvalue weighted by molar-refractivity contribution is -0.117. The van der Waals surface area contributed by atoms with Crippen molar-refractivity contribution in [1.82, 2.24) is 0 Å². The summed E-state index contributed by atoms with van der Waals surface area (Å²) in [6.45, 7) is 0. The molecule has 0 spiro atoms. The normalized spacial score (nSPS) is 12.6. The molecule has 3 amide bonds. The monoisotopic (exact) mass is 341 g/mol. The van der Waals surface area contributed by atoms with Crippen molar-refractivity contribution in [2.45, 2.75) is 6.42 Å². The van der Waals surface area contributed by atoms with Crippen LogP contribution < -0.4 is 25.0 Å². The van der Waals surface area contributed by atoms with Gasteiger partial charge in [0.2, 0.25) is 5.91 Å². The molecule has 25 heavy (non-hydrogen) atoms. The summed E-state index contributed by atoms with van der Waals surface area (Å²) >= 11 is 0. The van der Waals surface area contributed by atoms with E-state index >= 15 is 0 Å². The van der Waals surface area contributed by atoms with Gasteiger partial charge in [0, 0.05) is 30.2 Å². The number of nitrogens with zero attached hydrogens (tertiary/aromatic N) is 1. The first-order chi connectivity index (χ1) is 12.0. The molecule has 0 radical (unpaired) electrons. The van der Waals surface area contributed by atoms with E-state index in [9.17, 15) is 9.59 Å². The van der Waals surface area contributed by atoms with Gasteiger partial charge in [-0.1, -0.05) is 0 Å². The van der Waals surface area contributed by atoms with Gasteiger partial charge >= 0.3 is 6.03 Å². The maximum absolute atomic E-state index is 12.2. The highest BCUT2D eigenvalue weighted by Gasteiger charge is 2.24. The fraction of sp³-hybridized carbons (Fsp3) is 0.222. The lowest BCUT2D eigenvalue weighted by Gasteiger charge is -2.13. The molecule has 1 aliphatic rings. The van der Waals surface area contributed by atoms with Crippen LogP contribution in [0.25, 0.3) is 0 Å². The SMILES string of the molecule is COc1ccc(NC(=O)Nc2ccc3c(c2)CC(=O)N3C)cc1OC. The van der Waals surface area contributed by atoms with E-state index < -0.39 is 0 Å². The standard InChI is InChI=1S/C18H19N3O4/c1-21-14-6-4-12(8-11(14)9-17(21)22)19-18(23)20-13-5-7-15(24-2)16(10-13)25-3/h4-8,10H,9H2,1-3H3,(H2,19,20,23). The fourth-order valence-electron chi connectivity index (χ4n) is 2.76. The zero-order chi connectivity index (χ0) is 18.0. The van der Waals surface area contributed by atoms with Crippen LogP contribution in [0.1, 0.15) is 5.56 Å². The summed E-state index contributed by atoms with van der Waals surface area (Å²) < 4.78 is 10.4. The quantitative estimate of drug-likeness (QED) is 0.896. The molecule has 3 rings (SSSR count). The van der Waals surface area contributed by atoms with Crippen molar-refractivity contribution >= 4 is 29.0 Å². The van der Waals surface area contributed by atoms with E-state index in [1.54, 1.807) is 43.3 Å². The van der Waals surface area contributed by atoms with Crippen LogP contribution in [-0.2, 0) is 11.2 Å². The van der Waals surface area contributed by atoms with Gasteiger partial charge in [0.05, 0.1) is 20.6 Å². The number of amides is 3. The second kappa shape index (κ2) is 6.72. The molecular weight excluding hydrogens is 322 g/mol. The number of carbonyl (C=O) groups excluding carboxylic acids is 2.